The van der Waals surface area contributed by atoms with Crippen molar-refractivity contribution in [2.75, 3.05) is 0 Å². The number of non-ortho nitro benzene ring substituents is 1. The normalized spacial score (nSPS) is 16.0. The molecule has 140 valence electrons. The van der Waals surface area contributed by atoms with Crippen molar-refractivity contribution < 1.29 is 14.8 Å². The van der Waals surface area contributed by atoms with Crippen molar-refractivity contribution >= 4 is 52.2 Å². The van der Waals surface area contributed by atoms with Gasteiger partial charge in [0, 0.05) is 12.1 Å². The van der Waals surface area contributed by atoms with Crippen LogP contribution in [0.2, 0.25) is 0 Å². The van der Waals surface area contributed by atoms with Crippen molar-refractivity contribution in [2.24, 2.45) is 5.10 Å². The number of amides is 1. The van der Waals surface area contributed by atoms with Gasteiger partial charge in [-0.2, -0.15) is 10.1 Å². The first-order chi connectivity index (χ1) is 13.5. The third-order valence-electron chi connectivity index (χ3n) is 3.63. The zero-order chi connectivity index (χ0) is 20.1. The number of hydrazone groups is 1. The Hall–Kier alpha value is -3.30. The maximum atomic E-state index is 12.5. The third kappa shape index (κ3) is 4.51. The highest BCUT2D eigenvalue weighted by molar-refractivity contribution is 8.26. The lowest BCUT2D eigenvalue weighted by molar-refractivity contribution is -0.385. The standard InChI is InChI=1S/C19H13N3O4S2/c23-16-10-9-15(22(25)26)11-14(16)12-20-21-18(24)17(28-19(21)27)8-4-7-13-5-2-1-3-6-13/h1-12,23H/p-1/b7-4+,17-8-,20-12-. The zero-order valence-corrected chi connectivity index (χ0v) is 15.9. The number of allylic oxidation sites excluding steroid dienone is 2. The number of thioether (sulfide) groups is 1. The molecule has 0 atom stereocenters. The van der Waals surface area contributed by atoms with Crippen molar-refractivity contribution in [3.63, 3.8) is 0 Å². The molecule has 0 saturated carbocycles. The number of benzene rings is 2. The summed E-state index contributed by atoms with van der Waals surface area (Å²) in [6, 6.07) is 12.9. The third-order valence-corrected chi connectivity index (χ3v) is 4.93. The van der Waals surface area contributed by atoms with E-state index in [0.717, 1.165) is 46.7 Å². The van der Waals surface area contributed by atoms with Crippen LogP contribution in [0.3, 0.4) is 0 Å². The van der Waals surface area contributed by atoms with Crippen molar-refractivity contribution in [1.29, 1.82) is 0 Å². The van der Waals surface area contributed by atoms with Crippen LogP contribution in [0.15, 0.2) is 70.7 Å². The fourth-order valence-corrected chi connectivity index (χ4v) is 3.38. The summed E-state index contributed by atoms with van der Waals surface area (Å²) in [5, 5.41) is 27.6. The lowest BCUT2D eigenvalue weighted by Crippen LogP contribution is -2.22. The molecule has 7 nitrogen and oxygen atoms in total. The van der Waals surface area contributed by atoms with Crippen molar-refractivity contribution in [1.82, 2.24) is 5.01 Å². The number of nitro groups is 1. The molecule has 1 aliphatic heterocycles. The van der Waals surface area contributed by atoms with Crippen LogP contribution in [0.1, 0.15) is 11.1 Å². The van der Waals surface area contributed by atoms with Gasteiger partial charge in [0.05, 0.1) is 16.0 Å². The lowest BCUT2D eigenvalue weighted by Gasteiger charge is -2.10. The first-order valence-electron chi connectivity index (χ1n) is 7.95. The Morgan fingerprint density at radius 2 is 1.93 bits per heavy atom. The van der Waals surface area contributed by atoms with Crippen LogP contribution in [0.4, 0.5) is 5.69 Å². The molecule has 1 amide bonds. The van der Waals surface area contributed by atoms with E-state index in [0.29, 0.717) is 4.91 Å². The number of thiocarbonyl (C=S) groups is 1. The number of nitrogens with zero attached hydrogens (tertiary/aromatic N) is 3. The molecule has 0 N–H and O–H groups in total. The predicted molar refractivity (Wildman–Crippen MR) is 111 cm³/mol. The van der Waals surface area contributed by atoms with E-state index in [1.165, 1.54) is 0 Å². The van der Waals surface area contributed by atoms with E-state index in [2.05, 4.69) is 5.10 Å². The van der Waals surface area contributed by atoms with E-state index in [-0.39, 0.29) is 15.6 Å². The van der Waals surface area contributed by atoms with Gasteiger partial charge < -0.3 is 5.11 Å². The summed E-state index contributed by atoms with van der Waals surface area (Å²) in [5.74, 6) is -0.872. The molecule has 0 radical (unpaired) electrons. The number of carbonyl (C=O) groups excluding carboxylic acids is 1. The maximum absolute atomic E-state index is 12.5. The minimum Gasteiger partial charge on any atom is -0.872 e. The Kier molecular flexibility index (Phi) is 5.97. The molecule has 2 aromatic carbocycles. The van der Waals surface area contributed by atoms with Crippen LogP contribution in [0.5, 0.6) is 5.75 Å². The second-order valence-corrected chi connectivity index (χ2v) is 7.19. The molecule has 0 aliphatic carbocycles. The van der Waals surface area contributed by atoms with Crippen LogP contribution in [-0.2, 0) is 4.79 Å². The summed E-state index contributed by atoms with van der Waals surface area (Å²) in [5.41, 5.74) is 0.745. The largest absolute Gasteiger partial charge is 0.872 e. The van der Waals surface area contributed by atoms with Gasteiger partial charge in [0.15, 0.2) is 4.32 Å². The number of rotatable bonds is 5. The second kappa shape index (κ2) is 8.59. The molecule has 0 spiro atoms. The Labute approximate surface area is 169 Å². The van der Waals surface area contributed by atoms with Gasteiger partial charge in [-0.15, -0.1) is 0 Å². The molecule has 0 unspecified atom stereocenters. The molecular formula is C19H12N3O4S2-. The predicted octanol–water partition coefficient (Wildman–Crippen LogP) is 3.46. The second-order valence-electron chi connectivity index (χ2n) is 5.51. The molecule has 1 heterocycles. The van der Waals surface area contributed by atoms with E-state index < -0.39 is 16.6 Å². The summed E-state index contributed by atoms with van der Waals surface area (Å²) < 4.78 is 0.207. The van der Waals surface area contributed by atoms with Gasteiger partial charge >= 0.3 is 0 Å². The molecule has 1 fully saturated rings. The van der Waals surface area contributed by atoms with Gasteiger partial charge in [-0.3, -0.25) is 14.9 Å². The molecule has 28 heavy (non-hydrogen) atoms. The van der Waals surface area contributed by atoms with Crippen LogP contribution in [0, 0.1) is 10.1 Å². The number of carbonyl (C=O) groups is 1. The van der Waals surface area contributed by atoms with Gasteiger partial charge in [-0.05, 0) is 29.4 Å². The quantitative estimate of drug-likeness (QED) is 0.246. The van der Waals surface area contributed by atoms with Gasteiger partial charge in [-0.25, -0.2) is 0 Å². The molecule has 0 aromatic heterocycles. The smallest absolute Gasteiger partial charge is 0.286 e. The molecule has 2 aromatic rings. The highest BCUT2D eigenvalue weighted by Crippen LogP contribution is 2.31. The molecule has 0 bridgehead atoms. The van der Waals surface area contributed by atoms with E-state index >= 15 is 0 Å². The van der Waals surface area contributed by atoms with Crippen molar-refractivity contribution in [3.8, 4) is 5.75 Å². The highest BCUT2D eigenvalue weighted by Gasteiger charge is 2.31. The Balaban J connectivity index is 1.76. The summed E-state index contributed by atoms with van der Waals surface area (Å²) in [4.78, 5) is 23.1. The van der Waals surface area contributed by atoms with Gasteiger partial charge in [-0.1, -0.05) is 66.1 Å². The lowest BCUT2D eigenvalue weighted by atomic mass is 10.2. The van der Waals surface area contributed by atoms with Crippen molar-refractivity contribution in [3.05, 3.63) is 86.8 Å². The van der Waals surface area contributed by atoms with E-state index in [1.807, 2.05) is 36.4 Å². The minimum absolute atomic E-state index is 0.00352. The van der Waals surface area contributed by atoms with E-state index in [9.17, 15) is 20.0 Å². The Morgan fingerprint density at radius 1 is 1.18 bits per heavy atom. The zero-order valence-electron chi connectivity index (χ0n) is 14.2. The first kappa shape index (κ1) is 19.5. The van der Waals surface area contributed by atoms with Gasteiger partial charge in [0.25, 0.3) is 11.6 Å². The number of hydrogen-bond acceptors (Lipinski definition) is 7. The van der Waals surface area contributed by atoms with Gasteiger partial charge in [0.2, 0.25) is 0 Å². The summed E-state index contributed by atoms with van der Waals surface area (Å²) >= 11 is 6.24. The van der Waals surface area contributed by atoms with Crippen LogP contribution in [-0.4, -0.2) is 26.4 Å². The molecule has 3 rings (SSSR count). The fourth-order valence-electron chi connectivity index (χ4n) is 2.25. The monoisotopic (exact) mass is 410 g/mol. The van der Waals surface area contributed by atoms with E-state index in [1.54, 1.807) is 12.2 Å². The van der Waals surface area contributed by atoms with Crippen LogP contribution >= 0.6 is 24.0 Å². The average molecular weight is 410 g/mol. The maximum Gasteiger partial charge on any atom is 0.286 e. The Morgan fingerprint density at radius 3 is 2.64 bits per heavy atom. The topological polar surface area (TPSA) is 98.9 Å². The van der Waals surface area contributed by atoms with Crippen LogP contribution < -0.4 is 5.11 Å². The number of hydrogen-bond donors (Lipinski definition) is 0. The molecule has 1 saturated heterocycles. The molecule has 9 heteroatoms. The fraction of sp³-hybridized carbons (Fsp3) is 0. The highest BCUT2D eigenvalue weighted by atomic mass is 32.2. The average Bonchev–Trinajstić information content (AvgIpc) is 2.95. The van der Waals surface area contributed by atoms with Crippen LogP contribution in [0.25, 0.3) is 6.08 Å². The summed E-state index contributed by atoms with van der Waals surface area (Å²) in [7, 11) is 0. The summed E-state index contributed by atoms with van der Waals surface area (Å²) in [6.45, 7) is 0. The Bertz CT molecular complexity index is 1030. The van der Waals surface area contributed by atoms with Gasteiger partial charge in [0.1, 0.15) is 0 Å². The first-order valence-corrected chi connectivity index (χ1v) is 9.17. The SMILES string of the molecule is O=C1/C(=C/C=C/c2ccccc2)SC(=S)N1/N=C\c1cc([N+](=O)[O-])ccc1[O-]. The van der Waals surface area contributed by atoms with Crippen molar-refractivity contribution in [2.45, 2.75) is 0 Å². The van der Waals surface area contributed by atoms with E-state index in [4.69, 9.17) is 12.2 Å². The summed E-state index contributed by atoms with van der Waals surface area (Å²) in [6.07, 6.45) is 6.32. The molecular weight excluding hydrogens is 398 g/mol. The number of nitro benzene ring substituents is 1. The minimum atomic E-state index is -0.613. The molecule has 1 aliphatic rings.